The van der Waals surface area contributed by atoms with Gasteiger partial charge < -0.3 is 64.2 Å². The highest BCUT2D eigenvalue weighted by molar-refractivity contribution is 5.69. The lowest BCUT2D eigenvalue weighted by Gasteiger charge is -2.42. The first kappa shape index (κ1) is 62.5. The minimum absolute atomic E-state index is 0.0490. The highest BCUT2D eigenvalue weighted by Gasteiger charge is 2.47. The Morgan fingerprint density at radius 1 is 0.493 bits per heavy atom. The van der Waals surface area contributed by atoms with Crippen molar-refractivity contribution in [1.29, 1.82) is 0 Å². The second kappa shape index (κ2) is 42.0. The van der Waals surface area contributed by atoms with Gasteiger partial charge in [-0.2, -0.15) is 0 Å². The van der Waals surface area contributed by atoms with Gasteiger partial charge in [-0.25, -0.2) is 0 Å². The summed E-state index contributed by atoms with van der Waals surface area (Å²) in [7, 11) is 0. The predicted molar refractivity (Wildman–Crippen MR) is 270 cm³/mol. The molecule has 398 valence electrons. The van der Waals surface area contributed by atoms with Gasteiger partial charge in [0.1, 0.15) is 54.9 Å². The summed E-state index contributed by atoms with van der Waals surface area (Å²) in [4.78, 5) is 13.0. The smallest absolute Gasteiger partial charge is 0.306 e. The minimum Gasteiger partial charge on any atom is -0.457 e. The first-order valence-electron chi connectivity index (χ1n) is 26.5. The van der Waals surface area contributed by atoms with Crippen LogP contribution in [0.15, 0.2) is 72.9 Å². The molecule has 69 heavy (non-hydrogen) atoms. The lowest BCUT2D eigenvalue weighted by Crippen LogP contribution is -2.61. The fourth-order valence-electron chi connectivity index (χ4n) is 7.88. The molecule has 0 aromatic heterocycles. The van der Waals surface area contributed by atoms with E-state index in [9.17, 15) is 40.5 Å². The van der Waals surface area contributed by atoms with Gasteiger partial charge in [-0.3, -0.25) is 4.79 Å². The molecule has 2 heterocycles. The Labute approximate surface area is 415 Å². The maximum Gasteiger partial charge on any atom is 0.306 e. The zero-order valence-corrected chi connectivity index (χ0v) is 42.3. The Morgan fingerprint density at radius 2 is 0.942 bits per heavy atom. The van der Waals surface area contributed by atoms with Gasteiger partial charge >= 0.3 is 5.97 Å². The summed E-state index contributed by atoms with van der Waals surface area (Å²) in [5.41, 5.74) is 0. The molecule has 0 radical (unpaired) electrons. The summed E-state index contributed by atoms with van der Waals surface area (Å²) >= 11 is 0. The van der Waals surface area contributed by atoms with Crippen molar-refractivity contribution in [3.05, 3.63) is 72.9 Å². The zero-order chi connectivity index (χ0) is 50.2. The first-order valence-corrected chi connectivity index (χ1v) is 26.5. The molecule has 0 aromatic rings. The molecule has 2 aliphatic heterocycles. The van der Waals surface area contributed by atoms with E-state index in [2.05, 4.69) is 86.8 Å². The van der Waals surface area contributed by atoms with Crippen molar-refractivity contribution in [1.82, 2.24) is 0 Å². The van der Waals surface area contributed by atoms with Crippen LogP contribution in [0.4, 0.5) is 0 Å². The molecule has 0 amide bonds. The molecule has 2 aliphatic rings. The molecular weight excluding hydrogens is 885 g/mol. The molecule has 2 rings (SSSR count). The van der Waals surface area contributed by atoms with Crippen LogP contribution in [0.2, 0.25) is 0 Å². The predicted octanol–water partition coefficient (Wildman–Crippen LogP) is 8.29. The summed E-state index contributed by atoms with van der Waals surface area (Å²) in [6.45, 7) is 3.49. The number of aliphatic hydroxyl groups excluding tert-OH is 7. The maximum absolute atomic E-state index is 13.0. The summed E-state index contributed by atoms with van der Waals surface area (Å²) in [6.07, 6.45) is 35.3. The van der Waals surface area contributed by atoms with Gasteiger partial charge in [0.15, 0.2) is 12.6 Å². The molecule has 7 N–H and O–H groups in total. The van der Waals surface area contributed by atoms with Crippen molar-refractivity contribution in [2.75, 3.05) is 33.0 Å². The molecule has 0 aromatic carbocycles. The Bertz CT molecular complexity index is 1410. The van der Waals surface area contributed by atoms with Gasteiger partial charge in [-0.05, 0) is 77.0 Å². The molecule has 0 aliphatic carbocycles. The third kappa shape index (κ3) is 29.5. The van der Waals surface area contributed by atoms with Crippen LogP contribution < -0.4 is 0 Å². The second-order valence-electron chi connectivity index (χ2n) is 18.3. The number of ether oxygens (including phenoxy) is 6. The van der Waals surface area contributed by atoms with Crippen LogP contribution in [0.1, 0.15) is 168 Å². The number of hydrogen-bond donors (Lipinski definition) is 7. The Balaban J connectivity index is 1.74. The van der Waals surface area contributed by atoms with Crippen molar-refractivity contribution in [3.63, 3.8) is 0 Å². The van der Waals surface area contributed by atoms with E-state index in [1.807, 2.05) is 0 Å². The van der Waals surface area contributed by atoms with Crippen LogP contribution in [-0.2, 0) is 33.2 Å². The van der Waals surface area contributed by atoms with E-state index in [1.165, 1.54) is 44.9 Å². The fourth-order valence-corrected chi connectivity index (χ4v) is 7.88. The van der Waals surface area contributed by atoms with Crippen LogP contribution in [0, 0.1) is 0 Å². The Morgan fingerprint density at radius 3 is 1.49 bits per heavy atom. The quantitative estimate of drug-likeness (QED) is 0.0175. The van der Waals surface area contributed by atoms with E-state index in [-0.39, 0.29) is 19.6 Å². The molecule has 0 bridgehead atoms. The molecule has 2 saturated heterocycles. The lowest BCUT2D eigenvalue weighted by atomic mass is 9.98. The van der Waals surface area contributed by atoms with Crippen LogP contribution >= 0.6 is 0 Å². The van der Waals surface area contributed by atoms with E-state index in [0.29, 0.717) is 13.0 Å². The van der Waals surface area contributed by atoms with Crippen LogP contribution in [0.25, 0.3) is 0 Å². The van der Waals surface area contributed by atoms with E-state index >= 15 is 0 Å². The van der Waals surface area contributed by atoms with Crippen molar-refractivity contribution in [3.8, 4) is 0 Å². The SMILES string of the molecule is CC/C=C\C/C=C\C/C=C\C/C=C\C/C=C\CCCCCCCCCC(=O)OC(COCCCCCCCC/C=C\CCCC)COC1OC(COC2OC(CO)C(O)C(O)C2O)C(O)C(O)C1O. The van der Waals surface area contributed by atoms with Gasteiger partial charge in [0.25, 0.3) is 0 Å². The third-order valence-electron chi connectivity index (χ3n) is 12.2. The highest BCUT2D eigenvalue weighted by Crippen LogP contribution is 2.26. The van der Waals surface area contributed by atoms with Crippen LogP contribution in [0.5, 0.6) is 0 Å². The van der Waals surface area contributed by atoms with Gasteiger partial charge in [0, 0.05) is 13.0 Å². The second-order valence-corrected chi connectivity index (χ2v) is 18.3. The molecule has 14 nitrogen and oxygen atoms in total. The molecule has 11 atom stereocenters. The molecule has 11 unspecified atom stereocenters. The Kier molecular flexibility index (Phi) is 38.1. The fraction of sp³-hybridized carbons (Fsp3) is 0.764. The number of rotatable bonds is 41. The topological polar surface area (TPSA) is 214 Å². The molecule has 2 fully saturated rings. The summed E-state index contributed by atoms with van der Waals surface area (Å²) in [5.74, 6) is -0.393. The van der Waals surface area contributed by atoms with E-state index in [0.717, 1.165) is 96.3 Å². The van der Waals surface area contributed by atoms with Crippen molar-refractivity contribution < 1.29 is 69.0 Å². The lowest BCUT2D eigenvalue weighted by molar-refractivity contribution is -0.332. The van der Waals surface area contributed by atoms with Crippen molar-refractivity contribution in [2.24, 2.45) is 0 Å². The van der Waals surface area contributed by atoms with Crippen LogP contribution in [-0.4, -0.2) is 142 Å². The van der Waals surface area contributed by atoms with Gasteiger partial charge in [0.05, 0.1) is 26.4 Å². The van der Waals surface area contributed by atoms with E-state index in [1.54, 1.807) is 0 Å². The highest BCUT2D eigenvalue weighted by atomic mass is 16.7. The number of allylic oxidation sites excluding steroid dienone is 12. The monoisotopic (exact) mass is 979 g/mol. The van der Waals surface area contributed by atoms with E-state index in [4.69, 9.17) is 28.4 Å². The number of unbranched alkanes of at least 4 members (excludes halogenated alkanes) is 15. The number of carbonyl (C=O) groups excluding carboxylic acids is 1. The number of carbonyl (C=O) groups is 1. The minimum atomic E-state index is -1.71. The number of hydrogen-bond acceptors (Lipinski definition) is 14. The zero-order valence-electron chi connectivity index (χ0n) is 42.3. The molecular formula is C55H94O14. The van der Waals surface area contributed by atoms with Crippen LogP contribution in [0.3, 0.4) is 0 Å². The van der Waals surface area contributed by atoms with Crippen molar-refractivity contribution in [2.45, 2.75) is 235 Å². The molecule has 0 spiro atoms. The van der Waals surface area contributed by atoms with E-state index < -0.39 is 86.7 Å². The van der Waals surface area contributed by atoms with Gasteiger partial charge in [-0.1, -0.05) is 157 Å². The summed E-state index contributed by atoms with van der Waals surface area (Å²) < 4.78 is 34.3. The average molecular weight is 979 g/mol. The number of esters is 1. The number of aliphatic hydroxyl groups is 7. The molecule has 14 heteroatoms. The maximum atomic E-state index is 13.0. The summed E-state index contributed by atoms with van der Waals surface area (Å²) in [6, 6.07) is 0. The third-order valence-corrected chi connectivity index (χ3v) is 12.2. The first-order chi connectivity index (χ1) is 33.6. The standard InChI is InChI=1S/C55H94O14/c1-3-5-7-9-11-13-15-17-18-19-20-21-22-23-24-25-26-27-28-30-32-34-36-38-47(57)67-44(41-64-39-37-35-33-31-29-16-14-12-10-8-6-4-2)42-65-54-53(63)51(61)49(59)46(69-54)43-66-55-52(62)50(60)48(58)45(40-56)68-55/h5,7,10-13,17-18,20-21,23-24,44-46,48-56,58-63H,3-4,6,8-9,14-16,19,22,25-43H2,1-2H3/b7-5-,12-10-,13-11-,18-17-,21-20-,24-23-. The average Bonchev–Trinajstić information content (AvgIpc) is 3.35. The Hall–Kier alpha value is -2.57. The van der Waals surface area contributed by atoms with Gasteiger partial charge in [-0.15, -0.1) is 0 Å². The normalized spacial score (nSPS) is 26.3. The van der Waals surface area contributed by atoms with Crippen molar-refractivity contribution >= 4 is 5.97 Å². The summed E-state index contributed by atoms with van der Waals surface area (Å²) in [5, 5.41) is 72.1. The van der Waals surface area contributed by atoms with Gasteiger partial charge in [0.2, 0.25) is 0 Å². The molecule has 0 saturated carbocycles. The largest absolute Gasteiger partial charge is 0.457 e.